The summed E-state index contributed by atoms with van der Waals surface area (Å²) < 4.78 is 10.4. The molecule has 28 heavy (non-hydrogen) atoms. The first-order valence-electron chi connectivity index (χ1n) is 8.39. The quantitative estimate of drug-likeness (QED) is 0.630. The van der Waals surface area contributed by atoms with Crippen molar-refractivity contribution in [3.63, 3.8) is 0 Å². The zero-order valence-electron chi connectivity index (χ0n) is 15.6. The van der Waals surface area contributed by atoms with Crippen LogP contribution in [0.5, 0.6) is 11.5 Å². The van der Waals surface area contributed by atoms with Crippen molar-refractivity contribution in [1.82, 2.24) is 4.98 Å². The van der Waals surface area contributed by atoms with Crippen LogP contribution in [0.1, 0.15) is 17.3 Å². The Kier molecular flexibility index (Phi) is 5.30. The molecule has 8 heteroatoms. The highest BCUT2D eigenvalue weighted by Gasteiger charge is 2.16. The smallest absolute Gasteiger partial charge is 0.261 e. The summed E-state index contributed by atoms with van der Waals surface area (Å²) in [5.74, 6) is 0.0492. The molecule has 0 bridgehead atoms. The minimum atomic E-state index is -0.607. The van der Waals surface area contributed by atoms with E-state index in [2.05, 4.69) is 15.6 Å². The molecule has 8 nitrogen and oxygen atoms in total. The number of pyridine rings is 1. The molecule has 1 aromatic heterocycles. The third-order valence-corrected chi connectivity index (χ3v) is 4.10. The molecule has 2 aromatic carbocycles. The third kappa shape index (κ3) is 3.80. The molecule has 3 N–H and O–H groups in total. The second kappa shape index (κ2) is 7.83. The van der Waals surface area contributed by atoms with E-state index in [1.807, 2.05) is 0 Å². The zero-order chi connectivity index (χ0) is 20.3. The lowest BCUT2D eigenvalue weighted by atomic mass is 10.1. The van der Waals surface area contributed by atoms with Gasteiger partial charge in [-0.05, 0) is 36.4 Å². The number of H-pyrrole nitrogens is 1. The first-order valence-corrected chi connectivity index (χ1v) is 8.39. The molecule has 3 aromatic rings. The van der Waals surface area contributed by atoms with Gasteiger partial charge in [0.15, 0.2) is 0 Å². The lowest BCUT2D eigenvalue weighted by Crippen LogP contribution is -2.22. The van der Waals surface area contributed by atoms with Gasteiger partial charge in [0.1, 0.15) is 17.1 Å². The summed E-state index contributed by atoms with van der Waals surface area (Å²) >= 11 is 0. The number of carbonyl (C=O) groups excluding carboxylic acids is 2. The van der Waals surface area contributed by atoms with Gasteiger partial charge in [-0.3, -0.25) is 14.4 Å². The Hall–Kier alpha value is -3.81. The Morgan fingerprint density at radius 1 is 1.00 bits per heavy atom. The number of rotatable bonds is 5. The number of methoxy groups -OCH3 is 2. The van der Waals surface area contributed by atoms with E-state index >= 15 is 0 Å². The summed E-state index contributed by atoms with van der Waals surface area (Å²) in [5, 5.41) is 5.63. The van der Waals surface area contributed by atoms with Gasteiger partial charge in [0.2, 0.25) is 11.3 Å². The second-order valence-corrected chi connectivity index (χ2v) is 5.99. The van der Waals surface area contributed by atoms with Gasteiger partial charge in [-0.1, -0.05) is 0 Å². The topological polar surface area (TPSA) is 110 Å². The van der Waals surface area contributed by atoms with Crippen LogP contribution in [-0.4, -0.2) is 31.0 Å². The van der Waals surface area contributed by atoms with Gasteiger partial charge in [-0.15, -0.1) is 0 Å². The summed E-state index contributed by atoms with van der Waals surface area (Å²) in [6, 6.07) is 9.80. The molecule has 0 fully saturated rings. The Labute approximate surface area is 160 Å². The molecule has 0 radical (unpaired) electrons. The van der Waals surface area contributed by atoms with Crippen molar-refractivity contribution in [1.29, 1.82) is 0 Å². The van der Waals surface area contributed by atoms with Crippen molar-refractivity contribution in [2.45, 2.75) is 6.92 Å². The van der Waals surface area contributed by atoms with Gasteiger partial charge in [-0.25, -0.2) is 0 Å². The van der Waals surface area contributed by atoms with E-state index in [-0.39, 0.29) is 11.5 Å². The van der Waals surface area contributed by atoms with E-state index in [4.69, 9.17) is 9.47 Å². The van der Waals surface area contributed by atoms with Gasteiger partial charge >= 0.3 is 0 Å². The van der Waals surface area contributed by atoms with E-state index in [0.717, 1.165) is 0 Å². The van der Waals surface area contributed by atoms with E-state index in [1.165, 1.54) is 27.3 Å². The summed E-state index contributed by atoms with van der Waals surface area (Å²) in [6.45, 7) is 1.38. The minimum absolute atomic E-state index is 0.0623. The third-order valence-electron chi connectivity index (χ3n) is 4.10. The molecule has 0 unspecified atom stereocenters. The van der Waals surface area contributed by atoms with Crippen LogP contribution in [0.3, 0.4) is 0 Å². The molecule has 0 aliphatic heterocycles. The van der Waals surface area contributed by atoms with Gasteiger partial charge in [0.05, 0.1) is 19.9 Å². The van der Waals surface area contributed by atoms with Crippen molar-refractivity contribution >= 4 is 34.1 Å². The number of hydrogen-bond acceptors (Lipinski definition) is 5. The van der Waals surface area contributed by atoms with Crippen molar-refractivity contribution in [3.8, 4) is 11.5 Å². The van der Waals surface area contributed by atoms with Crippen LogP contribution in [0.4, 0.5) is 11.4 Å². The molecular weight excluding hydrogens is 362 g/mol. The van der Waals surface area contributed by atoms with Crippen LogP contribution in [0, 0.1) is 0 Å². The van der Waals surface area contributed by atoms with Crippen LogP contribution in [0.2, 0.25) is 0 Å². The molecule has 1 heterocycles. The molecule has 0 atom stereocenters. The number of carbonyl (C=O) groups is 2. The second-order valence-electron chi connectivity index (χ2n) is 5.99. The average molecular weight is 381 g/mol. The Bertz CT molecular complexity index is 1120. The Morgan fingerprint density at radius 3 is 2.46 bits per heavy atom. The largest absolute Gasteiger partial charge is 0.497 e. The molecule has 144 valence electrons. The fourth-order valence-corrected chi connectivity index (χ4v) is 2.77. The molecular formula is C20H19N3O5. The number of hydrogen-bond donors (Lipinski definition) is 3. The fraction of sp³-hybridized carbons (Fsp3) is 0.150. The van der Waals surface area contributed by atoms with E-state index < -0.39 is 11.3 Å². The molecule has 3 rings (SSSR count). The maximum absolute atomic E-state index is 12.8. The number of aromatic amines is 1. The summed E-state index contributed by atoms with van der Waals surface area (Å²) in [7, 11) is 2.96. The number of nitrogens with one attached hydrogen (secondary N) is 3. The number of benzene rings is 2. The van der Waals surface area contributed by atoms with Gasteiger partial charge in [-0.2, -0.15) is 0 Å². The van der Waals surface area contributed by atoms with E-state index in [9.17, 15) is 14.4 Å². The maximum Gasteiger partial charge on any atom is 0.261 e. The number of amides is 2. The van der Waals surface area contributed by atoms with Crippen LogP contribution in [-0.2, 0) is 4.79 Å². The van der Waals surface area contributed by atoms with Crippen molar-refractivity contribution in [2.24, 2.45) is 0 Å². The Morgan fingerprint density at radius 2 is 1.79 bits per heavy atom. The van der Waals surface area contributed by atoms with Crippen molar-refractivity contribution in [3.05, 3.63) is 58.4 Å². The fourth-order valence-electron chi connectivity index (χ4n) is 2.77. The summed E-state index contributed by atoms with van der Waals surface area (Å²) in [6.07, 6.45) is 1.36. The number of ether oxygens (including phenoxy) is 2. The molecule has 0 saturated carbocycles. The zero-order valence-corrected chi connectivity index (χ0v) is 15.6. The highest BCUT2D eigenvalue weighted by Crippen LogP contribution is 2.28. The van der Waals surface area contributed by atoms with E-state index in [1.54, 1.807) is 36.4 Å². The number of anilines is 2. The number of aromatic nitrogens is 1. The highest BCUT2D eigenvalue weighted by atomic mass is 16.5. The van der Waals surface area contributed by atoms with Crippen molar-refractivity contribution < 1.29 is 19.1 Å². The van der Waals surface area contributed by atoms with Gasteiger partial charge in [0, 0.05) is 29.7 Å². The predicted octanol–water partition coefficient (Wildman–Crippen LogP) is 2.76. The molecule has 0 aliphatic rings. The standard InChI is InChI=1S/C20H19N3O5/c1-11(24)22-12-4-7-18(28-3)17(8-12)23-20(26)15-10-21-16-6-5-13(27-2)9-14(16)19(15)25/h4-10H,1-3H3,(H,21,25)(H,22,24)(H,23,26). The number of fused-ring (bicyclic) bond motifs is 1. The summed E-state index contributed by atoms with van der Waals surface area (Å²) in [4.78, 5) is 39.7. The Balaban J connectivity index is 1.98. The molecule has 2 amide bonds. The van der Waals surface area contributed by atoms with Gasteiger partial charge in [0.25, 0.3) is 5.91 Å². The molecule has 0 aliphatic carbocycles. The normalized spacial score (nSPS) is 10.4. The summed E-state index contributed by atoms with van der Waals surface area (Å²) in [5.41, 5.74) is 0.909. The average Bonchev–Trinajstić information content (AvgIpc) is 2.67. The molecule has 0 saturated heterocycles. The first-order chi connectivity index (χ1) is 13.4. The van der Waals surface area contributed by atoms with Crippen LogP contribution < -0.4 is 25.5 Å². The highest BCUT2D eigenvalue weighted by molar-refractivity contribution is 6.06. The lowest BCUT2D eigenvalue weighted by Gasteiger charge is -2.12. The van der Waals surface area contributed by atoms with Crippen molar-refractivity contribution in [2.75, 3.05) is 24.9 Å². The van der Waals surface area contributed by atoms with Gasteiger partial charge < -0.3 is 25.1 Å². The van der Waals surface area contributed by atoms with E-state index in [0.29, 0.717) is 33.8 Å². The molecule has 0 spiro atoms. The van der Waals surface area contributed by atoms with Crippen LogP contribution in [0.15, 0.2) is 47.4 Å². The maximum atomic E-state index is 12.8. The van der Waals surface area contributed by atoms with Crippen LogP contribution >= 0.6 is 0 Å². The SMILES string of the molecule is COc1ccc2[nH]cc(C(=O)Nc3cc(NC(C)=O)ccc3OC)c(=O)c2c1. The predicted molar refractivity (Wildman–Crippen MR) is 106 cm³/mol. The first kappa shape index (κ1) is 19.0. The van der Waals surface area contributed by atoms with Crippen LogP contribution in [0.25, 0.3) is 10.9 Å². The minimum Gasteiger partial charge on any atom is -0.497 e. The monoisotopic (exact) mass is 381 g/mol. The lowest BCUT2D eigenvalue weighted by molar-refractivity contribution is -0.114.